The minimum atomic E-state index is -4.57. The number of phenols is 1. The van der Waals surface area contributed by atoms with Gasteiger partial charge < -0.3 is 19.5 Å². The molecular formula is C30H29F3N2O6S. The van der Waals surface area contributed by atoms with Gasteiger partial charge in [0, 0.05) is 43.9 Å². The van der Waals surface area contributed by atoms with Gasteiger partial charge in [0.05, 0.1) is 24.7 Å². The molecule has 4 rings (SSSR count). The maximum Gasteiger partial charge on any atom is 0.416 e. The van der Waals surface area contributed by atoms with Gasteiger partial charge in [-0.25, -0.2) is 8.42 Å². The van der Waals surface area contributed by atoms with Crippen LogP contribution >= 0.6 is 0 Å². The molecule has 0 bridgehead atoms. The quantitative estimate of drug-likeness (QED) is 0.283. The van der Waals surface area contributed by atoms with Crippen LogP contribution in [0.25, 0.3) is 18.2 Å². The van der Waals surface area contributed by atoms with Crippen molar-refractivity contribution in [2.45, 2.75) is 11.1 Å². The van der Waals surface area contributed by atoms with E-state index < -0.39 is 21.8 Å². The van der Waals surface area contributed by atoms with Gasteiger partial charge in [-0.1, -0.05) is 24.3 Å². The summed E-state index contributed by atoms with van der Waals surface area (Å²) >= 11 is 0. The van der Waals surface area contributed by atoms with Crippen LogP contribution in [0.3, 0.4) is 0 Å². The third-order valence-electron chi connectivity index (χ3n) is 6.71. The fourth-order valence-electron chi connectivity index (χ4n) is 4.37. The topological polar surface area (TPSA) is 96.4 Å². The molecule has 222 valence electrons. The number of phenolic OH excluding ortho intramolecular Hbond substituents is 1. The lowest BCUT2D eigenvalue weighted by atomic mass is 10.0. The van der Waals surface area contributed by atoms with Gasteiger partial charge in [0.1, 0.15) is 17.2 Å². The number of rotatable bonds is 8. The molecule has 8 nitrogen and oxygen atoms in total. The van der Waals surface area contributed by atoms with Gasteiger partial charge in [0.15, 0.2) is 0 Å². The van der Waals surface area contributed by atoms with E-state index in [9.17, 15) is 31.5 Å². The van der Waals surface area contributed by atoms with E-state index in [0.29, 0.717) is 22.6 Å². The Bertz CT molecular complexity index is 1580. The minimum absolute atomic E-state index is 0.00455. The standard InChI is InChI=1S/C30H29F3N2O6S/c1-40-25-19-22(6-3-21-4-9-24(36)10-5-21)27(28(20-25)41-2)13-14-29(37)34-15-17-35(18-16-34)42(38,39)26-11-7-23(8-12-26)30(31,32)33/h3-14,19-20,36H,15-18H2,1-2H3. The second-order valence-corrected chi connectivity index (χ2v) is 11.3. The number of hydrogen-bond acceptors (Lipinski definition) is 6. The van der Waals surface area contributed by atoms with E-state index in [4.69, 9.17) is 9.47 Å². The predicted octanol–water partition coefficient (Wildman–Crippen LogP) is 5.14. The van der Waals surface area contributed by atoms with E-state index in [2.05, 4.69) is 0 Å². The van der Waals surface area contributed by atoms with Crippen molar-refractivity contribution >= 4 is 34.2 Å². The molecule has 1 N–H and O–H groups in total. The number of alkyl halides is 3. The number of nitrogens with zero attached hydrogens (tertiary/aromatic N) is 2. The molecule has 1 aliphatic rings. The molecule has 0 spiro atoms. The summed E-state index contributed by atoms with van der Waals surface area (Å²) in [5, 5.41) is 9.52. The summed E-state index contributed by atoms with van der Waals surface area (Å²) in [6.45, 7) is 0.206. The third kappa shape index (κ3) is 7.12. The third-order valence-corrected chi connectivity index (χ3v) is 8.63. The van der Waals surface area contributed by atoms with Gasteiger partial charge in [-0.3, -0.25) is 4.79 Å². The first-order chi connectivity index (χ1) is 19.9. The molecule has 0 atom stereocenters. The zero-order valence-corrected chi connectivity index (χ0v) is 23.7. The molecule has 0 aliphatic carbocycles. The number of methoxy groups -OCH3 is 2. The maximum atomic E-state index is 13.0. The van der Waals surface area contributed by atoms with Crippen molar-refractivity contribution in [2.24, 2.45) is 0 Å². The SMILES string of the molecule is COc1cc(C=Cc2ccc(O)cc2)c(C=CC(=O)N2CCN(S(=O)(=O)c3ccc(C(F)(F)F)cc3)CC2)c(OC)c1. The molecular weight excluding hydrogens is 573 g/mol. The number of carbonyl (C=O) groups is 1. The zero-order chi connectivity index (χ0) is 30.5. The van der Waals surface area contributed by atoms with Crippen LogP contribution in [-0.2, 0) is 21.0 Å². The van der Waals surface area contributed by atoms with Gasteiger partial charge in [-0.2, -0.15) is 17.5 Å². The summed E-state index contributed by atoms with van der Waals surface area (Å²) in [6, 6.07) is 13.5. The second kappa shape index (κ2) is 12.7. The zero-order valence-electron chi connectivity index (χ0n) is 22.8. The number of sulfonamides is 1. The second-order valence-electron chi connectivity index (χ2n) is 9.34. The molecule has 3 aromatic carbocycles. The Morgan fingerprint density at radius 1 is 0.881 bits per heavy atom. The first kappa shape index (κ1) is 30.7. The van der Waals surface area contributed by atoms with Gasteiger partial charge in [-0.05, 0) is 59.7 Å². The monoisotopic (exact) mass is 602 g/mol. The Hall–Kier alpha value is -4.29. The van der Waals surface area contributed by atoms with Crippen molar-refractivity contribution in [3.63, 3.8) is 0 Å². The molecule has 3 aromatic rings. The summed E-state index contributed by atoms with van der Waals surface area (Å²) in [5.41, 5.74) is 1.22. The van der Waals surface area contributed by atoms with Crippen molar-refractivity contribution in [3.05, 3.63) is 89.0 Å². The van der Waals surface area contributed by atoms with E-state index in [1.807, 2.05) is 12.2 Å². The number of amides is 1. The van der Waals surface area contributed by atoms with E-state index in [1.165, 1.54) is 25.2 Å². The number of piperazine rings is 1. The molecule has 1 fully saturated rings. The van der Waals surface area contributed by atoms with Crippen molar-refractivity contribution < 1.29 is 41.0 Å². The lowest BCUT2D eigenvalue weighted by molar-refractivity contribution is -0.137. The maximum absolute atomic E-state index is 13.0. The summed E-state index contributed by atoms with van der Waals surface area (Å²) < 4.78 is 76.6. The van der Waals surface area contributed by atoms with E-state index >= 15 is 0 Å². The lowest BCUT2D eigenvalue weighted by Crippen LogP contribution is -2.50. The van der Waals surface area contributed by atoms with E-state index in [0.717, 1.165) is 34.1 Å². The van der Waals surface area contributed by atoms with Crippen molar-refractivity contribution in [1.29, 1.82) is 0 Å². The highest BCUT2D eigenvalue weighted by molar-refractivity contribution is 7.89. The smallest absolute Gasteiger partial charge is 0.416 e. The van der Waals surface area contributed by atoms with Crippen LogP contribution in [0.1, 0.15) is 22.3 Å². The number of aromatic hydroxyl groups is 1. The van der Waals surface area contributed by atoms with Crippen LogP contribution < -0.4 is 9.47 Å². The highest BCUT2D eigenvalue weighted by atomic mass is 32.2. The number of carbonyl (C=O) groups excluding carboxylic acids is 1. The Morgan fingerprint density at radius 3 is 2.10 bits per heavy atom. The van der Waals surface area contributed by atoms with E-state index in [1.54, 1.807) is 42.5 Å². The van der Waals surface area contributed by atoms with Crippen LogP contribution in [0.2, 0.25) is 0 Å². The van der Waals surface area contributed by atoms with Crippen LogP contribution in [0, 0.1) is 0 Å². The Morgan fingerprint density at radius 2 is 1.52 bits per heavy atom. The van der Waals surface area contributed by atoms with Gasteiger partial charge in [0.2, 0.25) is 15.9 Å². The number of benzene rings is 3. The highest BCUT2D eigenvalue weighted by Gasteiger charge is 2.33. The Kier molecular flexibility index (Phi) is 9.27. The largest absolute Gasteiger partial charge is 0.508 e. The lowest BCUT2D eigenvalue weighted by Gasteiger charge is -2.33. The number of hydrogen-bond donors (Lipinski definition) is 1. The van der Waals surface area contributed by atoms with Crippen LogP contribution in [0.15, 0.2) is 71.6 Å². The summed E-state index contributed by atoms with van der Waals surface area (Å²) in [6.07, 6.45) is 2.09. The molecule has 0 aromatic heterocycles. The first-order valence-electron chi connectivity index (χ1n) is 12.8. The summed E-state index contributed by atoms with van der Waals surface area (Å²) in [5.74, 6) is 0.825. The van der Waals surface area contributed by atoms with Gasteiger partial charge >= 0.3 is 6.18 Å². The molecule has 0 radical (unpaired) electrons. The fraction of sp³-hybridized carbons (Fsp3) is 0.233. The molecule has 1 aliphatic heterocycles. The molecule has 0 saturated carbocycles. The van der Waals surface area contributed by atoms with Gasteiger partial charge in [0.25, 0.3) is 0 Å². The Labute approximate surface area is 241 Å². The summed E-state index contributed by atoms with van der Waals surface area (Å²) in [4.78, 5) is 14.3. The van der Waals surface area contributed by atoms with Crippen LogP contribution in [-0.4, -0.2) is 69.0 Å². The normalized spacial score (nSPS) is 14.9. The van der Waals surface area contributed by atoms with Crippen LogP contribution in [0.5, 0.6) is 17.2 Å². The summed E-state index contributed by atoms with van der Waals surface area (Å²) in [7, 11) is -0.997. The minimum Gasteiger partial charge on any atom is -0.508 e. The fourth-order valence-corrected chi connectivity index (χ4v) is 5.79. The molecule has 12 heteroatoms. The molecule has 42 heavy (non-hydrogen) atoms. The van der Waals surface area contributed by atoms with Crippen molar-refractivity contribution in [3.8, 4) is 17.2 Å². The average Bonchev–Trinajstić information content (AvgIpc) is 2.99. The average molecular weight is 603 g/mol. The van der Waals surface area contributed by atoms with E-state index in [-0.39, 0.29) is 42.7 Å². The predicted molar refractivity (Wildman–Crippen MR) is 152 cm³/mol. The molecule has 0 unspecified atom stereocenters. The van der Waals surface area contributed by atoms with Gasteiger partial charge in [-0.15, -0.1) is 0 Å². The van der Waals surface area contributed by atoms with Crippen molar-refractivity contribution in [2.75, 3.05) is 40.4 Å². The number of halogens is 3. The highest BCUT2D eigenvalue weighted by Crippen LogP contribution is 2.32. The molecule has 1 amide bonds. The Balaban J connectivity index is 1.48. The van der Waals surface area contributed by atoms with Crippen molar-refractivity contribution in [1.82, 2.24) is 9.21 Å². The molecule has 1 heterocycles. The molecule has 1 saturated heterocycles. The number of ether oxygens (including phenoxy) is 2. The first-order valence-corrected chi connectivity index (χ1v) is 14.2. The van der Waals surface area contributed by atoms with Crippen LogP contribution in [0.4, 0.5) is 13.2 Å².